The molecule has 21 heavy (non-hydrogen) atoms. The first-order chi connectivity index (χ1) is 10.1. The van der Waals surface area contributed by atoms with Crippen molar-refractivity contribution in [1.29, 1.82) is 0 Å². The Balaban J connectivity index is 1.88. The maximum Gasteiger partial charge on any atom is 0.306 e. The molecule has 5 nitrogen and oxygen atoms in total. The fourth-order valence-corrected chi connectivity index (χ4v) is 3.58. The number of fused-ring (bicyclic) bond motifs is 1. The van der Waals surface area contributed by atoms with Gasteiger partial charge in [-0.15, -0.1) is 0 Å². The van der Waals surface area contributed by atoms with E-state index in [1.807, 2.05) is 6.20 Å². The second-order valence-electron chi connectivity index (χ2n) is 6.20. The van der Waals surface area contributed by atoms with E-state index < -0.39 is 5.97 Å². The summed E-state index contributed by atoms with van der Waals surface area (Å²) in [6.07, 6.45) is 9.24. The third-order valence-corrected chi connectivity index (χ3v) is 4.96. The Morgan fingerprint density at radius 3 is 2.81 bits per heavy atom. The monoisotopic (exact) mass is 290 g/mol. The Labute approximate surface area is 124 Å². The summed E-state index contributed by atoms with van der Waals surface area (Å²) in [6.45, 7) is 0. The summed E-state index contributed by atoms with van der Waals surface area (Å²) in [5.41, 5.74) is 1.66. The van der Waals surface area contributed by atoms with Gasteiger partial charge in [0.2, 0.25) is 0 Å². The van der Waals surface area contributed by atoms with Gasteiger partial charge >= 0.3 is 5.97 Å². The van der Waals surface area contributed by atoms with Crippen molar-refractivity contribution in [3.8, 4) is 0 Å². The van der Waals surface area contributed by atoms with E-state index in [1.165, 1.54) is 6.42 Å². The zero-order chi connectivity index (χ0) is 14.9. The topological polar surface area (TPSA) is 72.3 Å². The molecule has 1 saturated carbocycles. The van der Waals surface area contributed by atoms with Crippen molar-refractivity contribution in [2.45, 2.75) is 57.0 Å². The SMILES string of the molecule is COC1(c2ncc3c(n2)CCC(C(=O)O)C3)CCCCC1. The number of hydrogen-bond donors (Lipinski definition) is 1. The number of carboxylic acids is 1. The van der Waals surface area contributed by atoms with Crippen LogP contribution in [0.2, 0.25) is 0 Å². The van der Waals surface area contributed by atoms with Gasteiger partial charge in [0.1, 0.15) is 5.60 Å². The number of nitrogens with zero attached hydrogens (tertiary/aromatic N) is 2. The van der Waals surface area contributed by atoms with Crippen molar-refractivity contribution < 1.29 is 14.6 Å². The molecule has 0 spiro atoms. The molecule has 0 saturated heterocycles. The maximum absolute atomic E-state index is 11.1. The number of carboxylic acid groups (broad SMARTS) is 1. The predicted octanol–water partition coefficient (Wildman–Crippen LogP) is 2.47. The number of rotatable bonds is 3. The number of aliphatic carboxylic acids is 1. The highest BCUT2D eigenvalue weighted by Crippen LogP contribution is 2.39. The summed E-state index contributed by atoms with van der Waals surface area (Å²) >= 11 is 0. The second kappa shape index (κ2) is 5.72. The molecular weight excluding hydrogens is 268 g/mol. The molecule has 3 rings (SSSR count). The Morgan fingerprint density at radius 2 is 2.14 bits per heavy atom. The first-order valence-electron chi connectivity index (χ1n) is 7.78. The Hall–Kier alpha value is -1.49. The van der Waals surface area contributed by atoms with Crippen molar-refractivity contribution >= 4 is 5.97 Å². The van der Waals surface area contributed by atoms with E-state index in [0.717, 1.165) is 49.2 Å². The molecule has 0 aromatic carbocycles. The van der Waals surface area contributed by atoms with E-state index in [-0.39, 0.29) is 11.5 Å². The number of aryl methyl sites for hydroxylation is 1. The van der Waals surface area contributed by atoms with Gasteiger partial charge in [-0.3, -0.25) is 4.79 Å². The van der Waals surface area contributed by atoms with Crippen LogP contribution in [0.25, 0.3) is 0 Å². The number of hydrogen-bond acceptors (Lipinski definition) is 4. The van der Waals surface area contributed by atoms with Gasteiger partial charge in [-0.1, -0.05) is 19.3 Å². The van der Waals surface area contributed by atoms with E-state index in [0.29, 0.717) is 12.8 Å². The number of ether oxygens (including phenoxy) is 1. The molecule has 1 aromatic rings. The molecule has 1 aromatic heterocycles. The fraction of sp³-hybridized carbons (Fsp3) is 0.688. The Bertz CT molecular complexity index is 538. The molecule has 2 aliphatic rings. The van der Waals surface area contributed by atoms with E-state index in [1.54, 1.807) is 7.11 Å². The lowest BCUT2D eigenvalue weighted by Gasteiger charge is -2.35. The molecule has 2 aliphatic carbocycles. The lowest BCUT2D eigenvalue weighted by Crippen LogP contribution is -2.34. The molecular formula is C16H22N2O3. The van der Waals surface area contributed by atoms with E-state index in [4.69, 9.17) is 14.8 Å². The third-order valence-electron chi connectivity index (χ3n) is 4.96. The van der Waals surface area contributed by atoms with Crippen LogP contribution in [-0.4, -0.2) is 28.2 Å². The Morgan fingerprint density at radius 1 is 1.38 bits per heavy atom. The smallest absolute Gasteiger partial charge is 0.306 e. The van der Waals surface area contributed by atoms with Crippen LogP contribution >= 0.6 is 0 Å². The summed E-state index contributed by atoms with van der Waals surface area (Å²) in [6, 6.07) is 0. The van der Waals surface area contributed by atoms with Crippen LogP contribution < -0.4 is 0 Å². The summed E-state index contributed by atoms with van der Waals surface area (Å²) in [5.74, 6) is -0.222. The standard InChI is InChI=1S/C16H22N2O3/c1-21-16(7-3-2-4-8-16)15-17-10-12-9-11(14(19)20)5-6-13(12)18-15/h10-11H,2-9H2,1H3,(H,19,20). The molecule has 1 atom stereocenters. The molecule has 1 unspecified atom stereocenters. The van der Waals surface area contributed by atoms with Crippen molar-refractivity contribution in [1.82, 2.24) is 9.97 Å². The molecule has 0 bridgehead atoms. The second-order valence-corrected chi connectivity index (χ2v) is 6.20. The normalized spacial score (nSPS) is 24.3. The lowest BCUT2D eigenvalue weighted by molar-refractivity contribution is -0.142. The predicted molar refractivity (Wildman–Crippen MR) is 77.0 cm³/mol. The molecule has 0 aliphatic heterocycles. The van der Waals surface area contributed by atoms with Gasteiger partial charge in [0.05, 0.1) is 5.92 Å². The highest BCUT2D eigenvalue weighted by molar-refractivity contribution is 5.70. The number of methoxy groups -OCH3 is 1. The van der Waals surface area contributed by atoms with Gasteiger partial charge in [0, 0.05) is 19.0 Å². The van der Waals surface area contributed by atoms with Crippen LogP contribution in [-0.2, 0) is 28.0 Å². The van der Waals surface area contributed by atoms with E-state index >= 15 is 0 Å². The summed E-state index contributed by atoms with van der Waals surface area (Å²) in [7, 11) is 1.74. The van der Waals surface area contributed by atoms with Crippen LogP contribution in [0.15, 0.2) is 6.20 Å². The van der Waals surface area contributed by atoms with Crippen molar-refractivity contribution in [3.05, 3.63) is 23.3 Å². The Kier molecular flexibility index (Phi) is 3.93. The number of carbonyl (C=O) groups is 1. The van der Waals surface area contributed by atoms with Crippen LogP contribution in [0.1, 0.15) is 55.6 Å². The van der Waals surface area contributed by atoms with Crippen molar-refractivity contribution in [2.75, 3.05) is 7.11 Å². The third kappa shape index (κ3) is 2.67. The van der Waals surface area contributed by atoms with Crippen molar-refractivity contribution in [3.63, 3.8) is 0 Å². The van der Waals surface area contributed by atoms with Gasteiger partial charge in [0.25, 0.3) is 0 Å². The molecule has 1 heterocycles. The summed E-state index contributed by atoms with van der Waals surface area (Å²) in [5, 5.41) is 9.14. The van der Waals surface area contributed by atoms with Gasteiger partial charge in [-0.25, -0.2) is 9.97 Å². The molecule has 1 fully saturated rings. The van der Waals surface area contributed by atoms with E-state index in [2.05, 4.69) is 4.98 Å². The molecule has 0 amide bonds. The number of aromatic nitrogens is 2. The van der Waals surface area contributed by atoms with Gasteiger partial charge in [-0.05, 0) is 37.7 Å². The quantitative estimate of drug-likeness (QED) is 0.925. The highest BCUT2D eigenvalue weighted by atomic mass is 16.5. The van der Waals surface area contributed by atoms with Crippen LogP contribution in [0.5, 0.6) is 0 Å². The van der Waals surface area contributed by atoms with Crippen LogP contribution in [0, 0.1) is 5.92 Å². The lowest BCUT2D eigenvalue weighted by atomic mass is 9.83. The molecule has 0 radical (unpaired) electrons. The highest BCUT2D eigenvalue weighted by Gasteiger charge is 2.37. The van der Waals surface area contributed by atoms with Gasteiger partial charge in [-0.2, -0.15) is 0 Å². The minimum absolute atomic E-state index is 0.294. The molecule has 1 N–H and O–H groups in total. The summed E-state index contributed by atoms with van der Waals surface area (Å²) < 4.78 is 5.80. The molecule has 5 heteroatoms. The first-order valence-corrected chi connectivity index (χ1v) is 7.78. The zero-order valence-electron chi connectivity index (χ0n) is 12.5. The zero-order valence-corrected chi connectivity index (χ0v) is 12.5. The summed E-state index contributed by atoms with van der Waals surface area (Å²) in [4.78, 5) is 20.4. The van der Waals surface area contributed by atoms with Gasteiger partial charge < -0.3 is 9.84 Å². The van der Waals surface area contributed by atoms with E-state index in [9.17, 15) is 4.79 Å². The largest absolute Gasteiger partial charge is 0.481 e. The average molecular weight is 290 g/mol. The first kappa shape index (κ1) is 14.4. The molecule has 114 valence electrons. The van der Waals surface area contributed by atoms with Gasteiger partial charge in [0.15, 0.2) is 5.82 Å². The maximum atomic E-state index is 11.1. The minimum Gasteiger partial charge on any atom is -0.481 e. The van der Waals surface area contributed by atoms with Crippen LogP contribution in [0.3, 0.4) is 0 Å². The minimum atomic E-state index is -0.717. The average Bonchev–Trinajstić information content (AvgIpc) is 2.54. The fourth-order valence-electron chi connectivity index (χ4n) is 3.58. The van der Waals surface area contributed by atoms with Crippen LogP contribution in [0.4, 0.5) is 0 Å². The van der Waals surface area contributed by atoms with Crippen molar-refractivity contribution in [2.24, 2.45) is 5.92 Å².